The van der Waals surface area contributed by atoms with Crippen LogP contribution in [0.15, 0.2) is 68.0 Å². The van der Waals surface area contributed by atoms with Gasteiger partial charge >= 0.3 is 18.1 Å². The van der Waals surface area contributed by atoms with Crippen molar-refractivity contribution in [1.82, 2.24) is 0 Å². The van der Waals surface area contributed by atoms with E-state index in [4.69, 9.17) is 15.2 Å². The van der Waals surface area contributed by atoms with Gasteiger partial charge in [0.25, 0.3) is 0 Å². The molecular weight excluding hydrogens is 618 g/mol. The zero-order valence-corrected chi connectivity index (χ0v) is 21.6. The topological polar surface area (TPSA) is 106 Å². The highest BCUT2D eigenvalue weighted by atomic mass is 79.9. The standard InChI is InChI=1S/C23H15Br2F4N3O4/c1-35-21(33)15-14(10-6-4-3-5-7-10)11(9-30)20(31)32(19(15)22(34)36-2)18-13(26)8-12(24)16(17(18)25)23(27,28)29/h3-8,14H,31H2,1-2H3. The van der Waals surface area contributed by atoms with Crippen LogP contribution >= 0.6 is 31.9 Å². The van der Waals surface area contributed by atoms with Crippen molar-refractivity contribution in [3.63, 3.8) is 0 Å². The van der Waals surface area contributed by atoms with Gasteiger partial charge in [-0.25, -0.2) is 14.0 Å². The molecule has 7 nitrogen and oxygen atoms in total. The number of esters is 2. The molecule has 188 valence electrons. The number of allylic oxidation sites excluding steroid dienone is 1. The van der Waals surface area contributed by atoms with Crippen molar-refractivity contribution in [2.75, 3.05) is 19.1 Å². The van der Waals surface area contributed by atoms with E-state index in [1.165, 1.54) is 0 Å². The van der Waals surface area contributed by atoms with Crippen molar-refractivity contribution < 1.29 is 36.6 Å². The van der Waals surface area contributed by atoms with Crippen molar-refractivity contribution >= 4 is 49.5 Å². The summed E-state index contributed by atoms with van der Waals surface area (Å²) >= 11 is 5.47. The Morgan fingerprint density at radius 2 is 1.69 bits per heavy atom. The van der Waals surface area contributed by atoms with Gasteiger partial charge in [0.15, 0.2) is 0 Å². The largest absolute Gasteiger partial charge is 0.466 e. The lowest BCUT2D eigenvalue weighted by atomic mass is 9.81. The van der Waals surface area contributed by atoms with Crippen LogP contribution in [0, 0.1) is 17.1 Å². The van der Waals surface area contributed by atoms with E-state index in [0.717, 1.165) is 14.2 Å². The number of carbonyl (C=O) groups excluding carboxylic acids is 2. The average Bonchev–Trinajstić information content (AvgIpc) is 2.82. The molecule has 2 aromatic carbocycles. The molecule has 0 aliphatic carbocycles. The lowest BCUT2D eigenvalue weighted by Crippen LogP contribution is -2.41. The summed E-state index contributed by atoms with van der Waals surface area (Å²) in [5.74, 6) is -5.47. The SMILES string of the molecule is COC(=O)C1=C(C(=O)OC)N(c2c(F)cc(Br)c(C(F)(F)F)c2Br)C(N)=C(C#N)C1c1ccccc1. The Balaban J connectivity index is 2.54. The molecule has 2 N–H and O–H groups in total. The van der Waals surface area contributed by atoms with Crippen LogP contribution in [0.1, 0.15) is 17.0 Å². The second-order valence-corrected chi connectivity index (χ2v) is 8.86. The van der Waals surface area contributed by atoms with E-state index < -0.39 is 67.1 Å². The maximum absolute atomic E-state index is 15.3. The summed E-state index contributed by atoms with van der Waals surface area (Å²) < 4.78 is 64.9. The molecule has 1 unspecified atom stereocenters. The first-order valence-electron chi connectivity index (χ1n) is 9.80. The van der Waals surface area contributed by atoms with Crippen LogP contribution in [-0.4, -0.2) is 26.2 Å². The van der Waals surface area contributed by atoms with E-state index in [1.807, 2.05) is 6.07 Å². The summed E-state index contributed by atoms with van der Waals surface area (Å²) in [5.41, 5.74) is 2.83. The fourth-order valence-electron chi connectivity index (χ4n) is 3.79. The average molecular weight is 633 g/mol. The summed E-state index contributed by atoms with van der Waals surface area (Å²) in [6, 6.07) is 10.3. The number of rotatable bonds is 4. The van der Waals surface area contributed by atoms with Gasteiger partial charge in [-0.15, -0.1) is 0 Å². The molecule has 0 aromatic heterocycles. The minimum absolute atomic E-state index is 0.336. The van der Waals surface area contributed by atoms with E-state index >= 15 is 4.39 Å². The van der Waals surface area contributed by atoms with Crippen molar-refractivity contribution in [3.05, 3.63) is 85.0 Å². The summed E-state index contributed by atoms with van der Waals surface area (Å²) in [6.45, 7) is 0. The van der Waals surface area contributed by atoms with Crippen LogP contribution in [-0.2, 0) is 25.2 Å². The van der Waals surface area contributed by atoms with Crippen molar-refractivity contribution in [1.29, 1.82) is 5.26 Å². The van der Waals surface area contributed by atoms with Crippen LogP contribution in [0.4, 0.5) is 23.2 Å². The van der Waals surface area contributed by atoms with Crippen LogP contribution < -0.4 is 10.6 Å². The number of benzene rings is 2. The van der Waals surface area contributed by atoms with Gasteiger partial charge in [0, 0.05) is 4.47 Å². The van der Waals surface area contributed by atoms with Crippen LogP contribution in [0.2, 0.25) is 0 Å². The van der Waals surface area contributed by atoms with Crippen molar-refractivity contribution in [2.45, 2.75) is 12.1 Å². The Morgan fingerprint density at radius 3 is 2.19 bits per heavy atom. The highest BCUT2D eigenvalue weighted by molar-refractivity contribution is 9.11. The predicted octanol–water partition coefficient (Wildman–Crippen LogP) is 5.27. The van der Waals surface area contributed by atoms with E-state index in [-0.39, 0.29) is 5.57 Å². The number of nitrogens with zero attached hydrogens (tertiary/aromatic N) is 2. The molecule has 13 heteroatoms. The minimum atomic E-state index is -4.97. The molecule has 0 saturated carbocycles. The predicted molar refractivity (Wildman–Crippen MR) is 126 cm³/mol. The summed E-state index contributed by atoms with van der Waals surface area (Å²) in [7, 11) is 1.95. The zero-order valence-electron chi connectivity index (χ0n) is 18.4. The normalized spacial score (nSPS) is 16.1. The van der Waals surface area contributed by atoms with Crippen LogP contribution in [0.25, 0.3) is 0 Å². The molecule has 1 aliphatic heterocycles. The number of nitriles is 1. The molecule has 0 saturated heterocycles. The first-order valence-corrected chi connectivity index (χ1v) is 11.4. The van der Waals surface area contributed by atoms with Crippen LogP contribution in [0.5, 0.6) is 0 Å². The number of alkyl halides is 3. The molecule has 1 atom stereocenters. The van der Waals surface area contributed by atoms with Gasteiger partial charge < -0.3 is 15.2 Å². The quantitative estimate of drug-likeness (QED) is 0.362. The summed E-state index contributed by atoms with van der Waals surface area (Å²) in [6.07, 6.45) is -4.97. The maximum Gasteiger partial charge on any atom is 0.418 e. The van der Waals surface area contributed by atoms with Gasteiger partial charge in [-0.2, -0.15) is 18.4 Å². The third-order valence-corrected chi connectivity index (χ3v) is 6.66. The molecule has 0 radical (unpaired) electrons. The van der Waals surface area contributed by atoms with Crippen molar-refractivity contribution in [2.24, 2.45) is 5.73 Å². The molecule has 3 rings (SSSR count). The number of hydrogen-bond acceptors (Lipinski definition) is 7. The molecule has 0 amide bonds. The van der Waals surface area contributed by atoms with Gasteiger partial charge in [0.05, 0.1) is 53.1 Å². The molecule has 0 spiro atoms. The summed E-state index contributed by atoms with van der Waals surface area (Å²) in [4.78, 5) is 26.6. The van der Waals surface area contributed by atoms with Crippen LogP contribution in [0.3, 0.4) is 0 Å². The van der Waals surface area contributed by atoms with E-state index in [9.17, 15) is 28.0 Å². The Bertz CT molecular complexity index is 1350. The third kappa shape index (κ3) is 4.58. The highest BCUT2D eigenvalue weighted by Gasteiger charge is 2.46. The molecule has 2 aromatic rings. The second-order valence-electron chi connectivity index (χ2n) is 7.21. The van der Waals surface area contributed by atoms with Gasteiger partial charge in [0.2, 0.25) is 0 Å². The molecule has 1 heterocycles. The van der Waals surface area contributed by atoms with Gasteiger partial charge in [0.1, 0.15) is 17.3 Å². The highest BCUT2D eigenvalue weighted by Crippen LogP contribution is 2.50. The number of anilines is 1. The fourth-order valence-corrected chi connectivity index (χ4v) is 5.49. The minimum Gasteiger partial charge on any atom is -0.466 e. The lowest BCUT2D eigenvalue weighted by molar-refractivity contribution is -0.139. The number of halogens is 6. The molecule has 0 fully saturated rings. The van der Waals surface area contributed by atoms with Gasteiger partial charge in [-0.3, -0.25) is 4.90 Å². The van der Waals surface area contributed by atoms with E-state index in [2.05, 4.69) is 31.9 Å². The monoisotopic (exact) mass is 631 g/mol. The third-order valence-electron chi connectivity index (χ3n) is 5.26. The molecule has 0 bridgehead atoms. The smallest absolute Gasteiger partial charge is 0.418 e. The Morgan fingerprint density at radius 1 is 1.11 bits per heavy atom. The molecular formula is C23H15Br2F4N3O4. The fraction of sp³-hybridized carbons (Fsp3) is 0.174. The Labute approximate surface area is 219 Å². The maximum atomic E-state index is 15.3. The molecule has 36 heavy (non-hydrogen) atoms. The summed E-state index contributed by atoms with van der Waals surface area (Å²) in [5, 5.41) is 9.98. The zero-order chi connectivity index (χ0) is 26.9. The Hall–Kier alpha value is -3.37. The van der Waals surface area contributed by atoms with E-state index in [0.29, 0.717) is 16.5 Å². The number of hydrogen-bond donors (Lipinski definition) is 1. The first kappa shape index (κ1) is 27.2. The Kier molecular flexibility index (Phi) is 7.80. The van der Waals surface area contributed by atoms with Gasteiger partial charge in [-0.1, -0.05) is 46.3 Å². The molecule has 1 aliphatic rings. The van der Waals surface area contributed by atoms with Gasteiger partial charge in [-0.05, 0) is 27.6 Å². The number of carbonyl (C=O) groups is 2. The van der Waals surface area contributed by atoms with Crippen molar-refractivity contribution in [3.8, 4) is 6.07 Å². The second kappa shape index (κ2) is 10.3. The van der Waals surface area contributed by atoms with E-state index in [1.54, 1.807) is 30.3 Å². The number of methoxy groups -OCH3 is 2. The number of ether oxygens (including phenoxy) is 2. The number of nitrogens with two attached hydrogens (primary N) is 1. The first-order chi connectivity index (χ1) is 16.9. The lowest BCUT2D eigenvalue weighted by Gasteiger charge is -2.36.